The summed E-state index contributed by atoms with van der Waals surface area (Å²) in [6.07, 6.45) is 4.71. The molecule has 1 unspecified atom stereocenters. The Balaban J connectivity index is 2.00. The molecule has 20 heavy (non-hydrogen) atoms. The molecular formula is C15H27N3OS. The third-order valence-corrected chi connectivity index (χ3v) is 4.92. The standard InChI is InChI=1S/C15H27N3OS/c1-4-6-13-14(9-16-2)20-15(17-13)18(3)10-12-7-5-8-19-11-12/h12,16H,4-11H2,1-3H3. The van der Waals surface area contributed by atoms with Gasteiger partial charge in [0.15, 0.2) is 5.13 Å². The molecule has 1 atom stereocenters. The van der Waals surface area contributed by atoms with Gasteiger partial charge in [0.25, 0.3) is 0 Å². The molecule has 5 heteroatoms. The van der Waals surface area contributed by atoms with E-state index < -0.39 is 0 Å². The predicted octanol–water partition coefficient (Wildman–Crippen LogP) is 2.68. The van der Waals surface area contributed by atoms with E-state index in [1.54, 1.807) is 0 Å². The molecule has 0 aliphatic carbocycles. The van der Waals surface area contributed by atoms with E-state index in [9.17, 15) is 0 Å². The van der Waals surface area contributed by atoms with Crippen molar-refractivity contribution in [2.45, 2.75) is 39.2 Å². The number of nitrogens with zero attached hydrogens (tertiary/aromatic N) is 2. The molecule has 0 spiro atoms. The molecular weight excluding hydrogens is 270 g/mol. The molecule has 0 radical (unpaired) electrons. The van der Waals surface area contributed by atoms with Crippen molar-refractivity contribution in [3.05, 3.63) is 10.6 Å². The van der Waals surface area contributed by atoms with E-state index in [-0.39, 0.29) is 0 Å². The maximum absolute atomic E-state index is 5.57. The number of rotatable bonds is 7. The first-order chi connectivity index (χ1) is 9.74. The van der Waals surface area contributed by atoms with Crippen LogP contribution in [0.4, 0.5) is 5.13 Å². The minimum Gasteiger partial charge on any atom is -0.381 e. The van der Waals surface area contributed by atoms with Crippen LogP contribution in [0.15, 0.2) is 0 Å². The maximum Gasteiger partial charge on any atom is 0.185 e. The number of aryl methyl sites for hydroxylation is 1. The second kappa shape index (κ2) is 7.96. The fraction of sp³-hybridized carbons (Fsp3) is 0.800. The van der Waals surface area contributed by atoms with Crippen molar-refractivity contribution in [3.8, 4) is 0 Å². The van der Waals surface area contributed by atoms with E-state index in [4.69, 9.17) is 9.72 Å². The van der Waals surface area contributed by atoms with Crippen molar-refractivity contribution >= 4 is 16.5 Å². The van der Waals surface area contributed by atoms with E-state index in [0.29, 0.717) is 5.92 Å². The second-order valence-corrected chi connectivity index (χ2v) is 6.67. The molecule has 0 bridgehead atoms. The second-order valence-electron chi connectivity index (χ2n) is 5.61. The van der Waals surface area contributed by atoms with Crippen molar-refractivity contribution < 1.29 is 4.74 Å². The number of thiazole rings is 1. The lowest BCUT2D eigenvalue weighted by atomic mass is 10.0. The molecule has 1 aromatic rings. The third-order valence-electron chi connectivity index (χ3n) is 3.70. The highest BCUT2D eigenvalue weighted by Crippen LogP contribution is 2.28. The normalized spacial score (nSPS) is 19.2. The van der Waals surface area contributed by atoms with Crippen LogP contribution in [0.1, 0.15) is 36.8 Å². The highest BCUT2D eigenvalue weighted by atomic mass is 32.1. The summed E-state index contributed by atoms with van der Waals surface area (Å²) in [6, 6.07) is 0. The number of ether oxygens (including phenoxy) is 1. The van der Waals surface area contributed by atoms with E-state index in [0.717, 1.165) is 44.3 Å². The van der Waals surface area contributed by atoms with Crippen LogP contribution in [0.3, 0.4) is 0 Å². The lowest BCUT2D eigenvalue weighted by Crippen LogP contribution is -2.30. The monoisotopic (exact) mass is 297 g/mol. The number of hydrogen-bond donors (Lipinski definition) is 1. The number of hydrogen-bond acceptors (Lipinski definition) is 5. The van der Waals surface area contributed by atoms with Gasteiger partial charge < -0.3 is 15.0 Å². The Morgan fingerprint density at radius 1 is 1.50 bits per heavy atom. The van der Waals surface area contributed by atoms with Crippen LogP contribution in [-0.2, 0) is 17.7 Å². The average molecular weight is 297 g/mol. The van der Waals surface area contributed by atoms with Gasteiger partial charge in [-0.05, 0) is 32.2 Å². The zero-order valence-electron chi connectivity index (χ0n) is 12.9. The Morgan fingerprint density at radius 2 is 2.35 bits per heavy atom. The summed E-state index contributed by atoms with van der Waals surface area (Å²) < 4.78 is 5.57. The van der Waals surface area contributed by atoms with E-state index in [1.165, 1.54) is 23.4 Å². The molecule has 1 N–H and O–H groups in total. The highest BCUT2D eigenvalue weighted by Gasteiger charge is 2.19. The van der Waals surface area contributed by atoms with Gasteiger partial charge in [-0.15, -0.1) is 11.3 Å². The smallest absolute Gasteiger partial charge is 0.185 e. The summed E-state index contributed by atoms with van der Waals surface area (Å²) in [5, 5.41) is 4.41. The molecule has 1 aromatic heterocycles. The Labute approximate surface area is 126 Å². The van der Waals surface area contributed by atoms with Crippen LogP contribution in [0.25, 0.3) is 0 Å². The SMILES string of the molecule is CCCc1nc(N(C)CC2CCCOC2)sc1CNC. The van der Waals surface area contributed by atoms with Gasteiger partial charge in [-0.1, -0.05) is 13.3 Å². The van der Waals surface area contributed by atoms with Gasteiger partial charge in [-0.25, -0.2) is 4.98 Å². The average Bonchev–Trinajstić information content (AvgIpc) is 2.84. The van der Waals surface area contributed by atoms with Crippen LogP contribution in [0, 0.1) is 5.92 Å². The number of nitrogens with one attached hydrogen (secondary N) is 1. The van der Waals surface area contributed by atoms with Gasteiger partial charge in [0.1, 0.15) is 0 Å². The fourth-order valence-corrected chi connectivity index (χ4v) is 3.77. The first-order valence-electron chi connectivity index (χ1n) is 7.66. The summed E-state index contributed by atoms with van der Waals surface area (Å²) in [4.78, 5) is 8.54. The summed E-state index contributed by atoms with van der Waals surface area (Å²) in [7, 11) is 4.16. The van der Waals surface area contributed by atoms with Crippen molar-refractivity contribution in [1.29, 1.82) is 0 Å². The van der Waals surface area contributed by atoms with Crippen molar-refractivity contribution in [2.24, 2.45) is 5.92 Å². The molecule has 1 aliphatic rings. The Hall–Kier alpha value is -0.650. The topological polar surface area (TPSA) is 37.4 Å². The summed E-state index contributed by atoms with van der Waals surface area (Å²) in [6.45, 7) is 6.03. The Bertz CT molecular complexity index is 378. The van der Waals surface area contributed by atoms with Gasteiger partial charge in [0, 0.05) is 31.6 Å². The number of anilines is 1. The molecule has 2 rings (SSSR count). The Morgan fingerprint density at radius 3 is 3.00 bits per heavy atom. The largest absolute Gasteiger partial charge is 0.381 e. The molecule has 0 aromatic carbocycles. The van der Waals surface area contributed by atoms with Crippen LogP contribution in [-0.4, -0.2) is 38.8 Å². The van der Waals surface area contributed by atoms with Gasteiger partial charge in [-0.3, -0.25) is 0 Å². The highest BCUT2D eigenvalue weighted by molar-refractivity contribution is 7.15. The van der Waals surface area contributed by atoms with Crippen LogP contribution in [0.5, 0.6) is 0 Å². The van der Waals surface area contributed by atoms with E-state index >= 15 is 0 Å². The maximum atomic E-state index is 5.57. The van der Waals surface area contributed by atoms with Crippen molar-refractivity contribution in [3.63, 3.8) is 0 Å². The van der Waals surface area contributed by atoms with Crippen LogP contribution in [0.2, 0.25) is 0 Å². The lowest BCUT2D eigenvalue weighted by Gasteiger charge is -2.26. The van der Waals surface area contributed by atoms with Gasteiger partial charge in [-0.2, -0.15) is 0 Å². The Kier molecular flexibility index (Phi) is 6.26. The third kappa shape index (κ3) is 4.17. The van der Waals surface area contributed by atoms with Gasteiger partial charge in [0.05, 0.1) is 12.3 Å². The molecule has 0 amide bonds. The zero-order chi connectivity index (χ0) is 14.4. The summed E-state index contributed by atoms with van der Waals surface area (Å²) in [5.41, 5.74) is 1.27. The molecule has 4 nitrogen and oxygen atoms in total. The zero-order valence-corrected chi connectivity index (χ0v) is 13.8. The first-order valence-corrected chi connectivity index (χ1v) is 8.48. The summed E-state index contributed by atoms with van der Waals surface area (Å²) in [5.74, 6) is 0.653. The van der Waals surface area contributed by atoms with E-state index in [2.05, 4.69) is 24.2 Å². The van der Waals surface area contributed by atoms with Gasteiger partial charge in [0.2, 0.25) is 0 Å². The lowest BCUT2D eigenvalue weighted by molar-refractivity contribution is 0.0576. The molecule has 1 fully saturated rings. The number of aromatic nitrogens is 1. The quantitative estimate of drug-likeness (QED) is 0.839. The van der Waals surface area contributed by atoms with Crippen LogP contribution >= 0.6 is 11.3 Å². The first kappa shape index (κ1) is 15.7. The predicted molar refractivity (Wildman–Crippen MR) is 85.7 cm³/mol. The minimum absolute atomic E-state index is 0.653. The molecule has 2 heterocycles. The van der Waals surface area contributed by atoms with Gasteiger partial charge >= 0.3 is 0 Å². The molecule has 114 valence electrons. The minimum atomic E-state index is 0.653. The van der Waals surface area contributed by atoms with E-state index in [1.807, 2.05) is 18.4 Å². The molecule has 0 saturated carbocycles. The fourth-order valence-electron chi connectivity index (χ4n) is 2.68. The molecule has 1 saturated heterocycles. The van der Waals surface area contributed by atoms with Crippen LogP contribution < -0.4 is 10.2 Å². The van der Waals surface area contributed by atoms with Crippen molar-refractivity contribution in [1.82, 2.24) is 10.3 Å². The summed E-state index contributed by atoms with van der Waals surface area (Å²) >= 11 is 1.83. The van der Waals surface area contributed by atoms with Crippen molar-refractivity contribution in [2.75, 3.05) is 38.8 Å². The molecule has 1 aliphatic heterocycles.